The monoisotopic (exact) mass is 267 g/mol. The summed E-state index contributed by atoms with van der Waals surface area (Å²) < 4.78 is 10.0. The van der Waals surface area contributed by atoms with Crippen molar-refractivity contribution in [2.24, 2.45) is 0 Å². The van der Waals surface area contributed by atoms with Crippen molar-refractivity contribution in [1.29, 1.82) is 0 Å². The number of carbonyl (C=O) groups excluding carboxylic acids is 1. The lowest BCUT2D eigenvalue weighted by Gasteiger charge is -2.15. The molecule has 0 unspecified atom stereocenters. The van der Waals surface area contributed by atoms with Crippen molar-refractivity contribution in [1.82, 2.24) is 5.32 Å². The molecule has 0 saturated heterocycles. The van der Waals surface area contributed by atoms with E-state index in [2.05, 4.69) is 10.1 Å². The molecule has 0 saturated carbocycles. The van der Waals surface area contributed by atoms with Crippen LogP contribution in [0.1, 0.15) is 24.2 Å². The number of nitrogens with one attached hydrogen (secondary N) is 1. The van der Waals surface area contributed by atoms with Crippen LogP contribution in [0.15, 0.2) is 24.3 Å². The highest BCUT2D eigenvalue weighted by Gasteiger charge is 2.07. The average molecular weight is 267 g/mol. The Morgan fingerprint density at radius 3 is 2.47 bits per heavy atom. The maximum absolute atomic E-state index is 11.2. The van der Waals surface area contributed by atoms with E-state index in [4.69, 9.17) is 4.74 Å². The van der Waals surface area contributed by atoms with Gasteiger partial charge in [0, 0.05) is 12.6 Å². The number of ether oxygens (including phenoxy) is 2. The van der Waals surface area contributed by atoms with Gasteiger partial charge in [0.2, 0.25) is 0 Å². The van der Waals surface area contributed by atoms with Crippen molar-refractivity contribution < 1.29 is 19.4 Å². The molecule has 0 aliphatic heterocycles. The summed E-state index contributed by atoms with van der Waals surface area (Å²) >= 11 is 0. The van der Waals surface area contributed by atoms with E-state index in [1.54, 1.807) is 24.3 Å². The number of esters is 1. The summed E-state index contributed by atoms with van der Waals surface area (Å²) in [5.74, 6) is 0.226. The van der Waals surface area contributed by atoms with Crippen molar-refractivity contribution >= 4 is 5.97 Å². The van der Waals surface area contributed by atoms with Crippen LogP contribution in [0.5, 0.6) is 5.75 Å². The minimum atomic E-state index is -0.567. The Hall–Kier alpha value is -1.59. The predicted octanol–water partition coefficient (Wildman–Crippen LogP) is 1.21. The molecule has 1 aromatic rings. The van der Waals surface area contributed by atoms with Crippen LogP contribution in [0, 0.1) is 0 Å². The molecule has 0 bridgehead atoms. The van der Waals surface area contributed by atoms with Crippen LogP contribution in [0.2, 0.25) is 0 Å². The molecule has 106 valence electrons. The number of methoxy groups -OCH3 is 1. The lowest BCUT2D eigenvalue weighted by atomic mass is 10.2. The molecule has 0 aliphatic carbocycles. The van der Waals surface area contributed by atoms with Crippen LogP contribution in [-0.2, 0) is 4.74 Å². The second kappa shape index (κ2) is 7.76. The highest BCUT2D eigenvalue weighted by atomic mass is 16.5. The van der Waals surface area contributed by atoms with Crippen molar-refractivity contribution in [2.75, 3.05) is 20.3 Å². The Bertz CT molecular complexity index is 389. The zero-order chi connectivity index (χ0) is 14.3. The summed E-state index contributed by atoms with van der Waals surface area (Å²) in [6, 6.07) is 6.93. The summed E-state index contributed by atoms with van der Waals surface area (Å²) in [4.78, 5) is 11.2. The Kier molecular flexibility index (Phi) is 6.32. The van der Waals surface area contributed by atoms with Crippen molar-refractivity contribution in [3.8, 4) is 5.75 Å². The molecule has 19 heavy (non-hydrogen) atoms. The minimum Gasteiger partial charge on any atom is -0.491 e. The number of benzene rings is 1. The van der Waals surface area contributed by atoms with Crippen molar-refractivity contribution in [2.45, 2.75) is 26.0 Å². The van der Waals surface area contributed by atoms with E-state index < -0.39 is 6.10 Å². The minimum absolute atomic E-state index is 0.206. The van der Waals surface area contributed by atoms with Gasteiger partial charge in [-0.1, -0.05) is 13.8 Å². The largest absolute Gasteiger partial charge is 0.491 e. The fourth-order valence-electron chi connectivity index (χ4n) is 1.43. The molecule has 1 rings (SSSR count). The van der Waals surface area contributed by atoms with Crippen LogP contribution in [-0.4, -0.2) is 43.5 Å². The van der Waals surface area contributed by atoms with Crippen LogP contribution in [0.25, 0.3) is 0 Å². The van der Waals surface area contributed by atoms with Crippen LogP contribution >= 0.6 is 0 Å². The molecule has 1 aromatic carbocycles. The van der Waals surface area contributed by atoms with Crippen LogP contribution < -0.4 is 10.1 Å². The van der Waals surface area contributed by atoms with E-state index >= 15 is 0 Å². The van der Waals surface area contributed by atoms with E-state index in [9.17, 15) is 9.90 Å². The fourth-order valence-corrected chi connectivity index (χ4v) is 1.43. The van der Waals surface area contributed by atoms with Gasteiger partial charge in [-0.2, -0.15) is 0 Å². The molecule has 0 spiro atoms. The number of carbonyl (C=O) groups is 1. The third-order valence-electron chi connectivity index (χ3n) is 2.48. The van der Waals surface area contributed by atoms with E-state index in [0.717, 1.165) is 0 Å². The number of aliphatic hydroxyl groups excluding tert-OH is 1. The first-order chi connectivity index (χ1) is 9.02. The predicted molar refractivity (Wildman–Crippen MR) is 72.4 cm³/mol. The second-order valence-electron chi connectivity index (χ2n) is 4.54. The van der Waals surface area contributed by atoms with Gasteiger partial charge in [-0.15, -0.1) is 0 Å². The van der Waals surface area contributed by atoms with Crippen LogP contribution in [0.3, 0.4) is 0 Å². The molecule has 5 nitrogen and oxygen atoms in total. The fraction of sp³-hybridized carbons (Fsp3) is 0.500. The molecule has 0 aromatic heterocycles. The van der Waals surface area contributed by atoms with E-state index in [0.29, 0.717) is 23.9 Å². The maximum atomic E-state index is 11.2. The van der Waals surface area contributed by atoms with E-state index in [1.165, 1.54) is 7.11 Å². The molecule has 0 heterocycles. The van der Waals surface area contributed by atoms with Gasteiger partial charge in [0.25, 0.3) is 0 Å². The summed E-state index contributed by atoms with van der Waals surface area (Å²) in [6.45, 7) is 4.72. The van der Waals surface area contributed by atoms with Gasteiger partial charge in [-0.25, -0.2) is 4.79 Å². The summed E-state index contributed by atoms with van der Waals surface area (Å²) in [7, 11) is 1.34. The number of rotatable bonds is 7. The molecule has 1 atom stereocenters. The highest BCUT2D eigenvalue weighted by Crippen LogP contribution is 2.13. The molecular weight excluding hydrogens is 246 g/mol. The molecular formula is C14H21NO4. The Labute approximate surface area is 113 Å². The zero-order valence-corrected chi connectivity index (χ0v) is 11.6. The number of hydrogen-bond acceptors (Lipinski definition) is 5. The second-order valence-corrected chi connectivity index (χ2v) is 4.54. The quantitative estimate of drug-likeness (QED) is 0.727. The standard InChI is InChI=1S/C14H21NO4/c1-10(2)15-8-12(16)9-19-13-6-4-11(5-7-13)14(17)18-3/h4-7,10,12,15-16H,8-9H2,1-3H3/t12-/m1/s1. The smallest absolute Gasteiger partial charge is 0.337 e. The van der Waals surface area contributed by atoms with Gasteiger partial charge < -0.3 is 19.9 Å². The third kappa shape index (κ3) is 5.72. The van der Waals surface area contributed by atoms with E-state index in [1.807, 2.05) is 13.8 Å². The summed E-state index contributed by atoms with van der Waals surface area (Å²) in [5.41, 5.74) is 0.469. The summed E-state index contributed by atoms with van der Waals surface area (Å²) in [5, 5.41) is 12.8. The maximum Gasteiger partial charge on any atom is 0.337 e. The first-order valence-electron chi connectivity index (χ1n) is 6.25. The topological polar surface area (TPSA) is 67.8 Å². The SMILES string of the molecule is COC(=O)c1ccc(OC[C@H](O)CNC(C)C)cc1. The van der Waals surface area contributed by atoms with Gasteiger partial charge in [-0.05, 0) is 24.3 Å². The van der Waals surface area contributed by atoms with Crippen LogP contribution in [0.4, 0.5) is 0 Å². The van der Waals surface area contributed by atoms with Gasteiger partial charge in [0.15, 0.2) is 0 Å². The highest BCUT2D eigenvalue weighted by molar-refractivity contribution is 5.89. The van der Waals surface area contributed by atoms with Crippen molar-refractivity contribution in [3.05, 3.63) is 29.8 Å². The van der Waals surface area contributed by atoms with Gasteiger partial charge in [-0.3, -0.25) is 0 Å². The normalized spacial score (nSPS) is 12.3. The first kappa shape index (κ1) is 15.5. The van der Waals surface area contributed by atoms with Gasteiger partial charge in [0.1, 0.15) is 18.5 Å². The number of aliphatic hydroxyl groups is 1. The molecule has 0 aliphatic rings. The average Bonchev–Trinajstić information content (AvgIpc) is 2.42. The third-order valence-corrected chi connectivity index (χ3v) is 2.48. The Balaban J connectivity index is 2.39. The molecule has 0 radical (unpaired) electrons. The Morgan fingerprint density at radius 1 is 1.32 bits per heavy atom. The van der Waals surface area contributed by atoms with Crippen molar-refractivity contribution in [3.63, 3.8) is 0 Å². The zero-order valence-electron chi connectivity index (χ0n) is 11.6. The lowest BCUT2D eigenvalue weighted by molar-refractivity contribution is 0.0600. The molecule has 0 fully saturated rings. The van der Waals surface area contributed by atoms with E-state index in [-0.39, 0.29) is 12.6 Å². The summed E-state index contributed by atoms with van der Waals surface area (Å²) in [6.07, 6.45) is -0.567. The molecule has 2 N–H and O–H groups in total. The lowest BCUT2D eigenvalue weighted by Crippen LogP contribution is -2.35. The molecule has 5 heteroatoms. The van der Waals surface area contributed by atoms with Gasteiger partial charge >= 0.3 is 5.97 Å². The number of hydrogen-bond donors (Lipinski definition) is 2. The Morgan fingerprint density at radius 2 is 1.95 bits per heavy atom. The molecule has 0 amide bonds. The van der Waals surface area contributed by atoms with Gasteiger partial charge in [0.05, 0.1) is 12.7 Å². The first-order valence-corrected chi connectivity index (χ1v) is 6.25.